The fourth-order valence-corrected chi connectivity index (χ4v) is 7.55. The van der Waals surface area contributed by atoms with E-state index >= 15 is 0 Å². The highest BCUT2D eigenvalue weighted by Crippen LogP contribution is 2.15. The molecule has 16 nitrogen and oxygen atoms in total. The third-order valence-corrected chi connectivity index (χ3v) is 11.5. The molecule has 0 fully saturated rings. The maximum atomic E-state index is 13.8. The molecular weight excluding hydrogens is 825 g/mol. The molecule has 1 aromatic rings. The van der Waals surface area contributed by atoms with Gasteiger partial charge in [0.1, 0.15) is 29.9 Å². The molecule has 7 amide bonds. The highest BCUT2D eigenvalue weighted by atomic mass is 32.2. The number of carbonyl (C=O) groups is 7. The summed E-state index contributed by atoms with van der Waals surface area (Å²) >= 11 is 1.52. The first-order chi connectivity index (χ1) is 30.3. The van der Waals surface area contributed by atoms with E-state index in [1.807, 2.05) is 6.26 Å². The number of nitrogens with one attached hydrogen (secondary N) is 6. The van der Waals surface area contributed by atoms with E-state index in [1.54, 1.807) is 12.1 Å². The van der Waals surface area contributed by atoms with Crippen molar-refractivity contribution >= 4 is 53.1 Å². The quantitative estimate of drug-likeness (QED) is 0.0428. The lowest BCUT2D eigenvalue weighted by molar-refractivity contribution is -0.134. The molecule has 1 rings (SSSR count). The molecule has 0 heterocycles. The number of unbranched alkanes of at least 4 members (excludes halogenated alkanes) is 15. The van der Waals surface area contributed by atoms with E-state index in [9.17, 15) is 38.7 Å². The summed E-state index contributed by atoms with van der Waals surface area (Å²) in [6, 6.07) is 1.59. The van der Waals surface area contributed by atoms with Crippen molar-refractivity contribution < 1.29 is 38.7 Å². The minimum Gasteiger partial charge on any atom is -0.508 e. The Morgan fingerprint density at radius 3 is 1.62 bits per heavy atom. The Hall–Kier alpha value is -4.38. The lowest BCUT2D eigenvalue weighted by Crippen LogP contribution is -2.58. The fourth-order valence-electron chi connectivity index (χ4n) is 7.08. The number of hydrogen-bond donors (Lipinski definition) is 9. The molecule has 0 aliphatic rings. The summed E-state index contributed by atoms with van der Waals surface area (Å²) in [7, 11) is 1.43. The molecule has 0 aromatic heterocycles. The molecule has 0 aliphatic carbocycles. The van der Waals surface area contributed by atoms with Gasteiger partial charge in [-0.1, -0.05) is 109 Å². The largest absolute Gasteiger partial charge is 0.508 e. The molecule has 0 aliphatic heterocycles. The minimum atomic E-state index is -1.30. The Bertz CT molecular complexity index is 1480. The van der Waals surface area contributed by atoms with Gasteiger partial charge >= 0.3 is 0 Å². The van der Waals surface area contributed by atoms with E-state index in [2.05, 4.69) is 38.8 Å². The van der Waals surface area contributed by atoms with E-state index < -0.39 is 66.2 Å². The van der Waals surface area contributed by atoms with Gasteiger partial charge in [-0.3, -0.25) is 33.6 Å². The summed E-state index contributed by atoms with van der Waals surface area (Å²) in [6.07, 6.45) is 21.8. The third-order valence-electron chi connectivity index (χ3n) is 10.9. The van der Waals surface area contributed by atoms with Gasteiger partial charge in [-0.25, -0.2) is 0 Å². The summed E-state index contributed by atoms with van der Waals surface area (Å²) in [6.45, 7) is 2.14. The van der Waals surface area contributed by atoms with Crippen molar-refractivity contribution in [1.82, 2.24) is 31.9 Å². The normalized spacial score (nSPS) is 12.9. The van der Waals surface area contributed by atoms with Crippen LogP contribution in [-0.4, -0.2) is 103 Å². The monoisotopic (exact) mass is 905 g/mol. The van der Waals surface area contributed by atoms with E-state index in [0.717, 1.165) is 25.7 Å². The minimum absolute atomic E-state index is 0.00949. The molecule has 63 heavy (non-hydrogen) atoms. The SMILES string of the molecule is CCCCCCCCCCCCCCCCCC(=O)N[C@@H](CCSC)C(=O)NCC(=O)N[C@@H](Cc1ccc(O)cc1)C(=O)N[C@@H](CCC(N)=O)C(=O)N[C@@H](CCCCN)C(=O)NC. The first-order valence-electron chi connectivity index (χ1n) is 23.3. The second-order valence-electron chi connectivity index (χ2n) is 16.3. The summed E-state index contributed by atoms with van der Waals surface area (Å²) < 4.78 is 0. The van der Waals surface area contributed by atoms with Crippen LogP contribution in [0.15, 0.2) is 24.3 Å². The Labute approximate surface area is 380 Å². The van der Waals surface area contributed by atoms with E-state index in [0.29, 0.717) is 43.5 Å². The van der Waals surface area contributed by atoms with Crippen LogP contribution in [0.4, 0.5) is 0 Å². The summed E-state index contributed by atoms with van der Waals surface area (Å²) in [4.78, 5) is 91.1. The van der Waals surface area contributed by atoms with Gasteiger partial charge in [0.15, 0.2) is 0 Å². The van der Waals surface area contributed by atoms with Crippen LogP contribution in [0.3, 0.4) is 0 Å². The molecule has 0 saturated carbocycles. The number of likely N-dealkylation sites (N-methyl/N-ethyl adjacent to an activating group) is 1. The van der Waals surface area contributed by atoms with Crippen molar-refractivity contribution in [2.24, 2.45) is 11.5 Å². The smallest absolute Gasteiger partial charge is 0.243 e. The lowest BCUT2D eigenvalue weighted by atomic mass is 10.0. The predicted octanol–water partition coefficient (Wildman–Crippen LogP) is 4.15. The molecule has 1 aromatic carbocycles. The number of thioether (sulfide) groups is 1. The van der Waals surface area contributed by atoms with E-state index in [1.165, 1.54) is 102 Å². The first kappa shape index (κ1) is 56.6. The second kappa shape index (κ2) is 36.0. The Morgan fingerprint density at radius 1 is 0.587 bits per heavy atom. The van der Waals surface area contributed by atoms with Gasteiger partial charge in [0.05, 0.1) is 6.54 Å². The van der Waals surface area contributed by atoms with Crippen molar-refractivity contribution in [2.45, 2.75) is 179 Å². The Balaban J connectivity index is 2.81. The van der Waals surface area contributed by atoms with Crippen molar-refractivity contribution in [2.75, 3.05) is 32.1 Å². The van der Waals surface area contributed by atoms with Crippen molar-refractivity contribution in [3.63, 3.8) is 0 Å². The number of aromatic hydroxyl groups is 1. The van der Waals surface area contributed by atoms with Crippen LogP contribution in [-0.2, 0) is 40.0 Å². The lowest BCUT2D eigenvalue weighted by Gasteiger charge is -2.25. The zero-order chi connectivity index (χ0) is 46.7. The van der Waals surface area contributed by atoms with Gasteiger partial charge in [-0.05, 0) is 74.8 Å². The van der Waals surface area contributed by atoms with Crippen LogP contribution in [0, 0.1) is 0 Å². The molecule has 0 saturated heterocycles. The van der Waals surface area contributed by atoms with Crippen molar-refractivity contribution in [3.05, 3.63) is 29.8 Å². The highest BCUT2D eigenvalue weighted by Gasteiger charge is 2.30. The first-order valence-corrected chi connectivity index (χ1v) is 24.7. The Morgan fingerprint density at radius 2 is 1.10 bits per heavy atom. The number of rotatable bonds is 38. The highest BCUT2D eigenvalue weighted by molar-refractivity contribution is 7.98. The molecule has 0 bridgehead atoms. The standard InChI is InChI=1S/C46H80N8O8S/c1-4-5-6-7-8-9-10-11-12-13-14-15-16-17-18-22-41(57)51-38(29-31-63-3)44(60)50-33-42(58)52-39(32-34-23-25-35(55)26-24-34)46(62)54-37(27-28-40(48)56)45(61)53-36(43(59)49-2)21-19-20-30-47/h23-26,36-39,55H,4-22,27-33,47H2,1-3H3,(H2,48,56)(H,49,59)(H,50,60)(H,51,57)(H,52,58)(H,53,61)(H,54,62)/t36-,37-,38-,39-/m0/s1. The number of benzene rings is 1. The van der Waals surface area contributed by atoms with Gasteiger partial charge in [-0.15, -0.1) is 0 Å². The van der Waals surface area contributed by atoms with E-state index in [-0.39, 0.29) is 37.3 Å². The number of hydrogen-bond acceptors (Lipinski definition) is 10. The number of amides is 7. The van der Waals surface area contributed by atoms with Crippen molar-refractivity contribution in [1.29, 1.82) is 0 Å². The zero-order valence-electron chi connectivity index (χ0n) is 38.4. The average molecular weight is 905 g/mol. The molecule has 17 heteroatoms. The van der Waals surface area contributed by atoms with Crippen LogP contribution >= 0.6 is 11.8 Å². The number of primary amides is 1. The molecule has 11 N–H and O–H groups in total. The van der Waals surface area contributed by atoms with Crippen molar-refractivity contribution in [3.8, 4) is 5.75 Å². The molecule has 0 unspecified atom stereocenters. The molecule has 0 radical (unpaired) electrons. The summed E-state index contributed by atoms with van der Waals surface area (Å²) in [5.41, 5.74) is 11.5. The average Bonchev–Trinajstić information content (AvgIpc) is 3.26. The van der Waals surface area contributed by atoms with Gasteiger partial charge in [0, 0.05) is 26.3 Å². The van der Waals surface area contributed by atoms with Gasteiger partial charge in [-0.2, -0.15) is 11.8 Å². The van der Waals surface area contributed by atoms with Gasteiger partial charge < -0.3 is 48.5 Å². The topological polar surface area (TPSA) is 264 Å². The van der Waals surface area contributed by atoms with Gasteiger partial charge in [0.2, 0.25) is 41.4 Å². The summed E-state index contributed by atoms with van der Waals surface area (Å²) in [5.74, 6) is -3.57. The van der Waals surface area contributed by atoms with E-state index in [4.69, 9.17) is 11.5 Å². The maximum Gasteiger partial charge on any atom is 0.243 e. The number of phenols is 1. The summed E-state index contributed by atoms with van der Waals surface area (Å²) in [5, 5.41) is 25.6. The third kappa shape index (κ3) is 28.1. The zero-order valence-corrected chi connectivity index (χ0v) is 39.2. The second-order valence-corrected chi connectivity index (χ2v) is 17.3. The van der Waals surface area contributed by atoms with Crippen LogP contribution in [0.5, 0.6) is 5.75 Å². The molecular formula is C46H80N8O8S. The number of nitrogens with two attached hydrogens (primary N) is 2. The number of carbonyl (C=O) groups excluding carboxylic acids is 7. The molecule has 358 valence electrons. The van der Waals surface area contributed by atoms with Crippen LogP contribution in [0.25, 0.3) is 0 Å². The molecule has 4 atom stereocenters. The van der Waals surface area contributed by atoms with Crippen LogP contribution < -0.4 is 43.4 Å². The Kier molecular flexibility index (Phi) is 32.4. The number of phenolic OH excluding ortho intramolecular Hbond substituents is 1. The molecule has 0 spiro atoms. The van der Waals surface area contributed by atoms with Crippen LogP contribution in [0.2, 0.25) is 0 Å². The predicted molar refractivity (Wildman–Crippen MR) is 250 cm³/mol. The van der Waals surface area contributed by atoms with Crippen LogP contribution in [0.1, 0.15) is 154 Å². The van der Waals surface area contributed by atoms with Gasteiger partial charge in [0.25, 0.3) is 0 Å². The maximum absolute atomic E-state index is 13.8. The fraction of sp³-hybridized carbons (Fsp3) is 0.717.